The molecular formula is C21H32O5. The zero-order valence-electron chi connectivity index (χ0n) is 15.8. The molecule has 0 aromatic carbocycles. The molecule has 3 fully saturated rings. The van der Waals surface area contributed by atoms with Gasteiger partial charge in [0.05, 0.1) is 18.3 Å². The van der Waals surface area contributed by atoms with Crippen LogP contribution in [-0.4, -0.2) is 50.6 Å². The Bertz CT molecular complexity index is 644. The number of aliphatic hydroxyl groups is 4. The molecule has 0 aromatic rings. The molecule has 4 aliphatic rings. The Balaban J connectivity index is 1.72. The number of ketones is 1. The van der Waals surface area contributed by atoms with Crippen molar-refractivity contribution >= 4 is 5.78 Å². The van der Waals surface area contributed by atoms with Crippen molar-refractivity contribution in [1.29, 1.82) is 0 Å². The summed E-state index contributed by atoms with van der Waals surface area (Å²) < 4.78 is 0. The lowest BCUT2D eigenvalue weighted by atomic mass is 9.45. The van der Waals surface area contributed by atoms with Crippen molar-refractivity contribution in [2.45, 2.75) is 76.6 Å². The van der Waals surface area contributed by atoms with Crippen LogP contribution in [0.3, 0.4) is 0 Å². The predicted molar refractivity (Wildman–Crippen MR) is 96.1 cm³/mol. The highest BCUT2D eigenvalue weighted by molar-refractivity contribution is 5.91. The zero-order valence-corrected chi connectivity index (χ0v) is 15.8. The second-order valence-corrected chi connectivity index (χ2v) is 9.74. The lowest BCUT2D eigenvalue weighted by molar-refractivity contribution is -0.207. The van der Waals surface area contributed by atoms with Crippen molar-refractivity contribution in [2.24, 2.45) is 28.6 Å². The maximum Gasteiger partial charge on any atom is 0.155 e. The van der Waals surface area contributed by atoms with Crippen molar-refractivity contribution in [3.63, 3.8) is 0 Å². The third-order valence-corrected chi connectivity index (χ3v) is 8.84. The Kier molecular flexibility index (Phi) is 4.20. The van der Waals surface area contributed by atoms with Gasteiger partial charge in [-0.15, -0.1) is 0 Å². The number of allylic oxidation sites excluding steroid dienone is 1. The summed E-state index contributed by atoms with van der Waals surface area (Å²) in [5.74, 6) is 0.798. The molecule has 4 aliphatic carbocycles. The Morgan fingerprint density at radius 1 is 1.23 bits per heavy atom. The fraction of sp³-hybridized carbons (Fsp3) is 0.857. The molecule has 3 saturated carbocycles. The summed E-state index contributed by atoms with van der Waals surface area (Å²) in [5, 5.41) is 42.3. The standard InChI is InChI=1S/C21H32O5/c1-19-7-5-13(23)9-12(19)3-4-14-15-6-8-21(26,17(25)11-22)20(15,2)10-16(24)18(14)19/h9,14-18,22,24-26H,3-8,10-11H2,1-2H3/t14-,15-,16-,17+,18+,19-,20-,21+/m0/s1. The summed E-state index contributed by atoms with van der Waals surface area (Å²) in [6, 6.07) is 0. The van der Waals surface area contributed by atoms with Crippen LogP contribution >= 0.6 is 0 Å². The van der Waals surface area contributed by atoms with Gasteiger partial charge in [-0.1, -0.05) is 19.4 Å². The Morgan fingerprint density at radius 2 is 1.96 bits per heavy atom. The first kappa shape index (κ1) is 18.6. The highest BCUT2D eigenvalue weighted by Crippen LogP contribution is 2.67. The summed E-state index contributed by atoms with van der Waals surface area (Å²) in [6.07, 6.45) is 4.92. The minimum Gasteiger partial charge on any atom is -0.394 e. The molecule has 0 spiro atoms. The van der Waals surface area contributed by atoms with Gasteiger partial charge in [-0.05, 0) is 67.8 Å². The Hall–Kier alpha value is -0.750. The zero-order chi connectivity index (χ0) is 18.9. The normalized spacial score (nSPS) is 51.9. The van der Waals surface area contributed by atoms with Gasteiger partial charge in [-0.2, -0.15) is 0 Å². The van der Waals surface area contributed by atoms with Crippen LogP contribution < -0.4 is 0 Å². The van der Waals surface area contributed by atoms with Crippen LogP contribution in [0.15, 0.2) is 11.6 Å². The molecule has 4 rings (SSSR count). The van der Waals surface area contributed by atoms with Crippen molar-refractivity contribution in [3.05, 3.63) is 11.6 Å². The highest BCUT2D eigenvalue weighted by atomic mass is 16.4. The van der Waals surface area contributed by atoms with Crippen LogP contribution in [0.2, 0.25) is 0 Å². The molecule has 0 unspecified atom stereocenters. The van der Waals surface area contributed by atoms with E-state index >= 15 is 0 Å². The first-order valence-corrected chi connectivity index (χ1v) is 10.1. The first-order valence-electron chi connectivity index (χ1n) is 10.1. The molecule has 0 aromatic heterocycles. The van der Waals surface area contributed by atoms with Crippen LogP contribution in [0.1, 0.15) is 58.8 Å². The van der Waals surface area contributed by atoms with Gasteiger partial charge >= 0.3 is 0 Å². The van der Waals surface area contributed by atoms with Gasteiger partial charge in [0, 0.05) is 11.8 Å². The van der Waals surface area contributed by atoms with E-state index in [-0.39, 0.29) is 29.0 Å². The molecule has 0 aliphatic heterocycles. The number of carbonyl (C=O) groups is 1. The average molecular weight is 364 g/mol. The topological polar surface area (TPSA) is 98.0 Å². The average Bonchev–Trinajstić information content (AvgIpc) is 2.86. The van der Waals surface area contributed by atoms with E-state index < -0.39 is 29.8 Å². The molecule has 0 radical (unpaired) electrons. The number of fused-ring (bicyclic) bond motifs is 5. The van der Waals surface area contributed by atoms with Crippen LogP contribution in [0.4, 0.5) is 0 Å². The number of carbonyl (C=O) groups excluding carboxylic acids is 1. The van der Waals surface area contributed by atoms with E-state index in [1.165, 1.54) is 5.57 Å². The SMILES string of the molecule is C[C@]12CCC(=O)C=C1CC[C@@H]1[C@@H]2[C@@H](O)C[C@@]2(C)[C@H]1CC[C@@]2(O)[C@H](O)CO. The molecule has 8 atom stereocenters. The second-order valence-electron chi connectivity index (χ2n) is 9.74. The van der Waals surface area contributed by atoms with Crippen LogP contribution in [0.25, 0.3) is 0 Å². The monoisotopic (exact) mass is 364 g/mol. The number of rotatable bonds is 2. The Labute approximate surface area is 155 Å². The second kappa shape index (κ2) is 5.87. The van der Waals surface area contributed by atoms with E-state index in [4.69, 9.17) is 0 Å². The molecule has 0 bridgehead atoms. The molecule has 5 nitrogen and oxygen atoms in total. The summed E-state index contributed by atoms with van der Waals surface area (Å²) in [4.78, 5) is 11.9. The molecule has 26 heavy (non-hydrogen) atoms. The third kappa shape index (κ3) is 2.20. The van der Waals surface area contributed by atoms with E-state index in [1.54, 1.807) is 0 Å². The van der Waals surface area contributed by atoms with Gasteiger partial charge in [0.1, 0.15) is 6.10 Å². The third-order valence-electron chi connectivity index (χ3n) is 8.84. The lowest BCUT2D eigenvalue weighted by Gasteiger charge is -2.61. The van der Waals surface area contributed by atoms with Crippen molar-refractivity contribution < 1.29 is 25.2 Å². The first-order chi connectivity index (χ1) is 12.2. The maximum absolute atomic E-state index is 11.9. The van der Waals surface area contributed by atoms with Gasteiger partial charge in [0.2, 0.25) is 0 Å². The van der Waals surface area contributed by atoms with Gasteiger partial charge in [-0.3, -0.25) is 4.79 Å². The molecule has 146 valence electrons. The fourth-order valence-corrected chi connectivity index (χ4v) is 7.42. The quantitative estimate of drug-likeness (QED) is 0.596. The van der Waals surface area contributed by atoms with E-state index in [0.29, 0.717) is 19.3 Å². The smallest absolute Gasteiger partial charge is 0.155 e. The van der Waals surface area contributed by atoms with Gasteiger partial charge < -0.3 is 20.4 Å². The molecule has 0 heterocycles. The van der Waals surface area contributed by atoms with Crippen LogP contribution in [0.5, 0.6) is 0 Å². The molecule has 0 saturated heterocycles. The van der Waals surface area contributed by atoms with E-state index in [0.717, 1.165) is 25.7 Å². The maximum atomic E-state index is 11.9. The molecular weight excluding hydrogens is 332 g/mol. The predicted octanol–water partition coefficient (Wildman–Crippen LogP) is 1.57. The summed E-state index contributed by atoms with van der Waals surface area (Å²) in [7, 11) is 0. The van der Waals surface area contributed by atoms with Crippen molar-refractivity contribution in [2.75, 3.05) is 6.61 Å². The van der Waals surface area contributed by atoms with Crippen molar-refractivity contribution in [3.8, 4) is 0 Å². The minimum absolute atomic E-state index is 0.0993. The minimum atomic E-state index is -1.35. The van der Waals surface area contributed by atoms with Gasteiger partial charge in [-0.25, -0.2) is 0 Å². The number of aliphatic hydroxyl groups excluding tert-OH is 3. The van der Waals surface area contributed by atoms with E-state index in [2.05, 4.69) is 6.92 Å². The largest absolute Gasteiger partial charge is 0.394 e. The van der Waals surface area contributed by atoms with Crippen LogP contribution in [-0.2, 0) is 4.79 Å². The molecule has 0 amide bonds. The lowest BCUT2D eigenvalue weighted by Crippen LogP contribution is -2.63. The van der Waals surface area contributed by atoms with E-state index in [9.17, 15) is 25.2 Å². The van der Waals surface area contributed by atoms with Gasteiger partial charge in [0.15, 0.2) is 5.78 Å². The summed E-state index contributed by atoms with van der Waals surface area (Å²) in [5.41, 5.74) is -0.898. The molecule has 4 N–H and O–H groups in total. The Morgan fingerprint density at radius 3 is 2.65 bits per heavy atom. The van der Waals surface area contributed by atoms with E-state index in [1.807, 2.05) is 13.0 Å². The highest BCUT2D eigenvalue weighted by Gasteiger charge is 2.67. The fourth-order valence-electron chi connectivity index (χ4n) is 7.42. The summed E-state index contributed by atoms with van der Waals surface area (Å²) in [6.45, 7) is 3.73. The molecule has 5 heteroatoms. The summed E-state index contributed by atoms with van der Waals surface area (Å²) >= 11 is 0. The van der Waals surface area contributed by atoms with Gasteiger partial charge in [0.25, 0.3) is 0 Å². The van der Waals surface area contributed by atoms with Crippen molar-refractivity contribution in [1.82, 2.24) is 0 Å². The number of hydrogen-bond acceptors (Lipinski definition) is 5. The number of hydrogen-bond donors (Lipinski definition) is 4. The van der Waals surface area contributed by atoms with Crippen LogP contribution in [0, 0.1) is 28.6 Å².